The number of rotatable bonds is 6. The van der Waals surface area contributed by atoms with Crippen molar-refractivity contribution in [3.8, 4) is 5.75 Å². The molecule has 1 heterocycles. The molecule has 21 heavy (non-hydrogen) atoms. The van der Waals surface area contributed by atoms with Crippen molar-refractivity contribution in [2.24, 2.45) is 5.92 Å². The van der Waals surface area contributed by atoms with E-state index in [0.29, 0.717) is 25.4 Å². The third kappa shape index (κ3) is 4.70. The molecule has 1 fully saturated rings. The Morgan fingerprint density at radius 2 is 2.05 bits per heavy atom. The molecule has 0 atom stereocenters. The summed E-state index contributed by atoms with van der Waals surface area (Å²) in [5.74, 6) is 0.297. The Hall–Kier alpha value is -1.62. The molecule has 1 amide bonds. The van der Waals surface area contributed by atoms with Gasteiger partial charge in [-0.15, -0.1) is 0 Å². The van der Waals surface area contributed by atoms with Gasteiger partial charge in [-0.3, -0.25) is 4.79 Å². The standard InChI is InChI=1S/C16H22FNO3/c17-14-4-1-2-5-15(14)21-11-3-6-16(20)18-9-7-13(12-19)8-10-18/h1-2,4-5,13,19H,3,6-12H2. The normalized spacial score (nSPS) is 16.0. The van der Waals surface area contributed by atoms with Crippen molar-refractivity contribution in [1.82, 2.24) is 4.90 Å². The fourth-order valence-corrected chi connectivity index (χ4v) is 2.49. The van der Waals surface area contributed by atoms with E-state index in [1.165, 1.54) is 6.07 Å². The molecule has 4 nitrogen and oxygen atoms in total. The van der Waals surface area contributed by atoms with Crippen LogP contribution in [0.25, 0.3) is 0 Å². The molecule has 116 valence electrons. The summed E-state index contributed by atoms with van der Waals surface area (Å²) in [6, 6.07) is 6.26. The fraction of sp³-hybridized carbons (Fsp3) is 0.562. The van der Waals surface area contributed by atoms with Crippen LogP contribution in [0.1, 0.15) is 25.7 Å². The highest BCUT2D eigenvalue weighted by molar-refractivity contribution is 5.76. The lowest BCUT2D eigenvalue weighted by atomic mass is 9.97. The second-order valence-corrected chi connectivity index (χ2v) is 5.39. The number of carbonyl (C=O) groups excluding carboxylic acids is 1. The van der Waals surface area contributed by atoms with Gasteiger partial charge in [0.1, 0.15) is 0 Å². The predicted octanol–water partition coefficient (Wildman–Crippen LogP) is 2.22. The minimum absolute atomic E-state index is 0.114. The maximum absolute atomic E-state index is 13.3. The third-order valence-corrected chi connectivity index (χ3v) is 3.85. The number of likely N-dealkylation sites (tertiary alicyclic amines) is 1. The van der Waals surface area contributed by atoms with Crippen LogP contribution in [0, 0.1) is 11.7 Å². The van der Waals surface area contributed by atoms with Crippen molar-refractivity contribution in [2.45, 2.75) is 25.7 Å². The lowest BCUT2D eigenvalue weighted by Crippen LogP contribution is -2.39. The second-order valence-electron chi connectivity index (χ2n) is 5.39. The van der Waals surface area contributed by atoms with Gasteiger partial charge >= 0.3 is 0 Å². The largest absolute Gasteiger partial charge is 0.491 e. The summed E-state index contributed by atoms with van der Waals surface area (Å²) in [4.78, 5) is 13.8. The first-order valence-electron chi connectivity index (χ1n) is 7.46. The number of hydrogen-bond acceptors (Lipinski definition) is 3. The van der Waals surface area contributed by atoms with Crippen LogP contribution in [-0.4, -0.2) is 42.2 Å². The fourth-order valence-electron chi connectivity index (χ4n) is 2.49. The second kappa shape index (κ2) is 7.98. The first-order chi connectivity index (χ1) is 10.2. The van der Waals surface area contributed by atoms with E-state index < -0.39 is 0 Å². The maximum Gasteiger partial charge on any atom is 0.222 e. The lowest BCUT2D eigenvalue weighted by Gasteiger charge is -2.31. The van der Waals surface area contributed by atoms with Gasteiger partial charge in [-0.25, -0.2) is 4.39 Å². The number of ether oxygens (including phenoxy) is 1. The monoisotopic (exact) mass is 295 g/mol. The van der Waals surface area contributed by atoms with Crippen LogP contribution in [0.4, 0.5) is 4.39 Å². The molecule has 1 aliphatic rings. The molecule has 0 aromatic heterocycles. The zero-order chi connectivity index (χ0) is 15.1. The van der Waals surface area contributed by atoms with E-state index in [0.717, 1.165) is 25.9 Å². The highest BCUT2D eigenvalue weighted by Crippen LogP contribution is 2.18. The number of para-hydroxylation sites is 1. The van der Waals surface area contributed by atoms with Crippen LogP contribution in [0.2, 0.25) is 0 Å². The Balaban J connectivity index is 1.65. The van der Waals surface area contributed by atoms with E-state index in [-0.39, 0.29) is 24.1 Å². The Bertz CT molecular complexity index is 459. The number of halogens is 1. The highest BCUT2D eigenvalue weighted by Gasteiger charge is 2.21. The van der Waals surface area contributed by atoms with Crippen molar-refractivity contribution < 1.29 is 19.0 Å². The molecular weight excluding hydrogens is 273 g/mol. The van der Waals surface area contributed by atoms with E-state index in [4.69, 9.17) is 9.84 Å². The van der Waals surface area contributed by atoms with Gasteiger partial charge in [0, 0.05) is 26.1 Å². The topological polar surface area (TPSA) is 49.8 Å². The Labute approximate surface area is 124 Å². The van der Waals surface area contributed by atoms with Gasteiger partial charge in [0.2, 0.25) is 5.91 Å². The summed E-state index contributed by atoms with van der Waals surface area (Å²) in [5.41, 5.74) is 0. The molecular formula is C16H22FNO3. The molecule has 1 saturated heterocycles. The molecule has 0 unspecified atom stereocenters. The quantitative estimate of drug-likeness (QED) is 0.819. The maximum atomic E-state index is 13.3. The molecule has 1 aromatic rings. The van der Waals surface area contributed by atoms with Gasteiger partial charge in [-0.05, 0) is 37.3 Å². The van der Waals surface area contributed by atoms with E-state index in [9.17, 15) is 9.18 Å². The number of piperidine rings is 1. The van der Waals surface area contributed by atoms with Crippen LogP contribution in [0.15, 0.2) is 24.3 Å². The van der Waals surface area contributed by atoms with E-state index >= 15 is 0 Å². The number of benzene rings is 1. The summed E-state index contributed by atoms with van der Waals surface area (Å²) in [5, 5.41) is 9.07. The van der Waals surface area contributed by atoms with Crippen molar-refractivity contribution in [3.63, 3.8) is 0 Å². The summed E-state index contributed by atoms with van der Waals surface area (Å²) in [6.07, 6.45) is 2.73. The van der Waals surface area contributed by atoms with E-state index in [1.54, 1.807) is 18.2 Å². The van der Waals surface area contributed by atoms with Gasteiger partial charge in [0.05, 0.1) is 6.61 Å². The Kier molecular flexibility index (Phi) is 5.99. The van der Waals surface area contributed by atoms with Crippen LogP contribution >= 0.6 is 0 Å². The van der Waals surface area contributed by atoms with Crippen LogP contribution in [-0.2, 0) is 4.79 Å². The van der Waals surface area contributed by atoms with Gasteiger partial charge in [0.15, 0.2) is 11.6 Å². The van der Waals surface area contributed by atoms with Gasteiger partial charge in [0.25, 0.3) is 0 Å². The Morgan fingerprint density at radius 3 is 2.71 bits per heavy atom. The zero-order valence-electron chi connectivity index (χ0n) is 12.1. The Morgan fingerprint density at radius 1 is 1.33 bits per heavy atom. The van der Waals surface area contributed by atoms with Crippen LogP contribution < -0.4 is 4.74 Å². The molecule has 0 saturated carbocycles. The highest BCUT2D eigenvalue weighted by atomic mass is 19.1. The number of amides is 1. The van der Waals surface area contributed by atoms with Crippen molar-refractivity contribution in [1.29, 1.82) is 0 Å². The number of aliphatic hydroxyl groups excluding tert-OH is 1. The first kappa shape index (κ1) is 15.8. The summed E-state index contributed by atoms with van der Waals surface area (Å²) < 4.78 is 18.6. The molecule has 0 aliphatic carbocycles. The number of aliphatic hydroxyl groups is 1. The SMILES string of the molecule is O=C(CCCOc1ccccc1F)N1CCC(CO)CC1. The molecule has 0 radical (unpaired) electrons. The van der Waals surface area contributed by atoms with Gasteiger partial charge < -0.3 is 14.7 Å². The summed E-state index contributed by atoms with van der Waals surface area (Å²) >= 11 is 0. The first-order valence-corrected chi connectivity index (χ1v) is 7.46. The zero-order valence-corrected chi connectivity index (χ0v) is 12.1. The molecule has 2 rings (SSSR count). The van der Waals surface area contributed by atoms with E-state index in [2.05, 4.69) is 0 Å². The average molecular weight is 295 g/mol. The van der Waals surface area contributed by atoms with E-state index in [1.807, 2.05) is 4.90 Å². The van der Waals surface area contributed by atoms with Crippen molar-refractivity contribution >= 4 is 5.91 Å². The van der Waals surface area contributed by atoms with Gasteiger partial charge in [-0.1, -0.05) is 12.1 Å². The molecule has 0 bridgehead atoms. The average Bonchev–Trinajstić information content (AvgIpc) is 2.53. The molecule has 1 aromatic carbocycles. The van der Waals surface area contributed by atoms with Crippen LogP contribution in [0.5, 0.6) is 5.75 Å². The van der Waals surface area contributed by atoms with Crippen molar-refractivity contribution in [3.05, 3.63) is 30.1 Å². The molecule has 1 aliphatic heterocycles. The number of hydrogen-bond donors (Lipinski definition) is 1. The molecule has 1 N–H and O–H groups in total. The smallest absolute Gasteiger partial charge is 0.222 e. The van der Waals surface area contributed by atoms with Crippen molar-refractivity contribution in [2.75, 3.05) is 26.3 Å². The lowest BCUT2D eigenvalue weighted by molar-refractivity contribution is -0.133. The summed E-state index contributed by atoms with van der Waals surface area (Å²) in [7, 11) is 0. The number of nitrogens with zero attached hydrogens (tertiary/aromatic N) is 1. The minimum Gasteiger partial charge on any atom is -0.491 e. The third-order valence-electron chi connectivity index (χ3n) is 3.85. The summed E-state index contributed by atoms with van der Waals surface area (Å²) in [6.45, 7) is 1.98. The molecule has 0 spiro atoms. The minimum atomic E-state index is -0.380. The van der Waals surface area contributed by atoms with Crippen LogP contribution in [0.3, 0.4) is 0 Å². The van der Waals surface area contributed by atoms with Gasteiger partial charge in [-0.2, -0.15) is 0 Å². The predicted molar refractivity (Wildman–Crippen MR) is 77.5 cm³/mol. The molecule has 5 heteroatoms. The number of carbonyl (C=O) groups is 1.